The molecule has 1 aromatic carbocycles. The average molecular weight is 394 g/mol. The van der Waals surface area contributed by atoms with Crippen LogP contribution in [0.1, 0.15) is 34.3 Å². The SMILES string of the molecule is Cc1ccc(C)c(OC2CCN(C(=O)c3cnc4[nH]c(=O)[nH]c(=O)c4c3)CC2)c1. The van der Waals surface area contributed by atoms with Gasteiger partial charge in [-0.15, -0.1) is 0 Å². The molecule has 3 aromatic rings. The van der Waals surface area contributed by atoms with Crippen molar-refractivity contribution in [1.29, 1.82) is 0 Å². The molecule has 0 bridgehead atoms. The van der Waals surface area contributed by atoms with Gasteiger partial charge in [-0.05, 0) is 37.1 Å². The van der Waals surface area contributed by atoms with E-state index in [9.17, 15) is 14.4 Å². The second-order valence-corrected chi connectivity index (χ2v) is 7.41. The lowest BCUT2D eigenvalue weighted by Gasteiger charge is -2.32. The summed E-state index contributed by atoms with van der Waals surface area (Å²) in [7, 11) is 0. The fourth-order valence-corrected chi connectivity index (χ4v) is 3.54. The van der Waals surface area contributed by atoms with Crippen molar-refractivity contribution in [2.75, 3.05) is 13.1 Å². The number of ether oxygens (including phenoxy) is 1. The lowest BCUT2D eigenvalue weighted by Crippen LogP contribution is -2.42. The third-order valence-electron chi connectivity index (χ3n) is 5.20. The molecule has 0 atom stereocenters. The summed E-state index contributed by atoms with van der Waals surface area (Å²) in [5.41, 5.74) is 1.55. The Kier molecular flexibility index (Phi) is 4.92. The Balaban J connectivity index is 1.45. The Labute approximate surface area is 166 Å². The summed E-state index contributed by atoms with van der Waals surface area (Å²) < 4.78 is 6.16. The highest BCUT2D eigenvalue weighted by molar-refractivity contribution is 5.96. The summed E-state index contributed by atoms with van der Waals surface area (Å²) >= 11 is 0. The number of benzene rings is 1. The van der Waals surface area contributed by atoms with Gasteiger partial charge in [0.2, 0.25) is 0 Å². The zero-order valence-electron chi connectivity index (χ0n) is 16.3. The molecule has 0 unspecified atom stereocenters. The molecule has 2 aromatic heterocycles. The van der Waals surface area contributed by atoms with Crippen LogP contribution in [0.15, 0.2) is 40.1 Å². The molecule has 1 aliphatic rings. The van der Waals surface area contributed by atoms with E-state index in [1.165, 1.54) is 12.3 Å². The van der Waals surface area contributed by atoms with E-state index in [0.717, 1.165) is 29.7 Å². The van der Waals surface area contributed by atoms with Crippen molar-refractivity contribution in [2.24, 2.45) is 0 Å². The second-order valence-electron chi connectivity index (χ2n) is 7.41. The third-order valence-corrected chi connectivity index (χ3v) is 5.20. The van der Waals surface area contributed by atoms with E-state index in [4.69, 9.17) is 4.74 Å². The van der Waals surface area contributed by atoms with Crippen LogP contribution >= 0.6 is 0 Å². The number of rotatable bonds is 3. The number of pyridine rings is 1. The zero-order chi connectivity index (χ0) is 20.5. The monoisotopic (exact) mass is 394 g/mol. The van der Waals surface area contributed by atoms with Gasteiger partial charge in [-0.2, -0.15) is 0 Å². The maximum Gasteiger partial charge on any atom is 0.327 e. The van der Waals surface area contributed by atoms with Crippen LogP contribution in [0.25, 0.3) is 11.0 Å². The molecule has 4 rings (SSSR count). The number of carbonyl (C=O) groups is 1. The smallest absolute Gasteiger partial charge is 0.327 e. The van der Waals surface area contributed by atoms with Gasteiger partial charge in [0.15, 0.2) is 0 Å². The maximum atomic E-state index is 12.8. The Morgan fingerprint density at radius 3 is 2.66 bits per heavy atom. The van der Waals surface area contributed by atoms with Gasteiger partial charge in [0.05, 0.1) is 10.9 Å². The second kappa shape index (κ2) is 7.54. The van der Waals surface area contributed by atoms with Crippen LogP contribution in [0.2, 0.25) is 0 Å². The first kappa shape index (κ1) is 18.9. The van der Waals surface area contributed by atoms with Gasteiger partial charge in [-0.25, -0.2) is 9.78 Å². The van der Waals surface area contributed by atoms with Crippen LogP contribution in [0, 0.1) is 13.8 Å². The number of nitrogens with zero attached hydrogens (tertiary/aromatic N) is 2. The minimum absolute atomic E-state index is 0.0576. The summed E-state index contributed by atoms with van der Waals surface area (Å²) in [5.74, 6) is 0.705. The number of amides is 1. The number of piperidine rings is 1. The zero-order valence-corrected chi connectivity index (χ0v) is 16.3. The van der Waals surface area contributed by atoms with Gasteiger partial charge < -0.3 is 9.64 Å². The van der Waals surface area contributed by atoms with Crippen LogP contribution in [0.3, 0.4) is 0 Å². The Morgan fingerprint density at radius 1 is 1.14 bits per heavy atom. The third kappa shape index (κ3) is 3.91. The highest BCUT2D eigenvalue weighted by Gasteiger charge is 2.25. The lowest BCUT2D eigenvalue weighted by atomic mass is 10.1. The molecule has 150 valence electrons. The molecule has 1 aliphatic heterocycles. The fourth-order valence-electron chi connectivity index (χ4n) is 3.54. The molecule has 8 heteroatoms. The highest BCUT2D eigenvalue weighted by Crippen LogP contribution is 2.24. The Bertz CT molecular complexity index is 1190. The lowest BCUT2D eigenvalue weighted by molar-refractivity contribution is 0.0594. The van der Waals surface area contributed by atoms with E-state index in [0.29, 0.717) is 18.7 Å². The van der Waals surface area contributed by atoms with E-state index < -0.39 is 11.2 Å². The first-order valence-corrected chi connectivity index (χ1v) is 9.56. The van der Waals surface area contributed by atoms with Crippen LogP contribution in [-0.4, -0.2) is 45.0 Å². The summed E-state index contributed by atoms with van der Waals surface area (Å²) in [6, 6.07) is 7.61. The number of hydrogen-bond acceptors (Lipinski definition) is 5. The number of nitrogens with one attached hydrogen (secondary N) is 2. The summed E-state index contributed by atoms with van der Waals surface area (Å²) in [5, 5.41) is 0.184. The van der Waals surface area contributed by atoms with Crippen LogP contribution in [0.4, 0.5) is 0 Å². The molecule has 1 amide bonds. The van der Waals surface area contributed by atoms with Crippen molar-refractivity contribution in [2.45, 2.75) is 32.8 Å². The number of aryl methyl sites for hydroxylation is 2. The van der Waals surface area contributed by atoms with E-state index in [1.807, 2.05) is 26.0 Å². The number of H-pyrrole nitrogens is 2. The standard InChI is InChI=1S/C21H22N4O4/c1-12-3-4-13(2)17(9-12)29-15-5-7-25(8-6-15)20(27)14-10-16-18(22-11-14)23-21(28)24-19(16)26/h3-4,9-11,15H,5-8H2,1-2H3,(H2,22,23,24,26,28). The predicted octanol–water partition coefficient (Wildman–Crippen LogP) is 1.91. The minimum Gasteiger partial charge on any atom is -0.490 e. The largest absolute Gasteiger partial charge is 0.490 e. The molecule has 3 heterocycles. The van der Waals surface area contributed by atoms with Gasteiger partial charge in [0.25, 0.3) is 11.5 Å². The molecule has 8 nitrogen and oxygen atoms in total. The van der Waals surface area contributed by atoms with Crippen LogP contribution < -0.4 is 16.0 Å². The first-order valence-electron chi connectivity index (χ1n) is 9.56. The number of fused-ring (bicyclic) bond motifs is 1. The summed E-state index contributed by atoms with van der Waals surface area (Å²) in [4.78, 5) is 46.5. The van der Waals surface area contributed by atoms with Gasteiger partial charge in [0, 0.05) is 32.1 Å². The first-order chi connectivity index (χ1) is 13.9. The van der Waals surface area contributed by atoms with Crippen LogP contribution in [0.5, 0.6) is 5.75 Å². The minimum atomic E-state index is -0.625. The number of aromatic amines is 2. The van der Waals surface area contributed by atoms with Crippen molar-refractivity contribution in [3.05, 3.63) is 68.0 Å². The van der Waals surface area contributed by atoms with Gasteiger partial charge in [-0.3, -0.25) is 19.6 Å². The highest BCUT2D eigenvalue weighted by atomic mass is 16.5. The average Bonchev–Trinajstić information content (AvgIpc) is 2.70. The molecule has 1 saturated heterocycles. The molecule has 0 aliphatic carbocycles. The fraction of sp³-hybridized carbons (Fsp3) is 0.333. The predicted molar refractivity (Wildman–Crippen MR) is 108 cm³/mol. The molecular formula is C21H22N4O4. The molecule has 1 fully saturated rings. The maximum absolute atomic E-state index is 12.8. The Morgan fingerprint density at radius 2 is 1.90 bits per heavy atom. The van der Waals surface area contributed by atoms with Crippen molar-refractivity contribution >= 4 is 16.9 Å². The van der Waals surface area contributed by atoms with Crippen molar-refractivity contribution in [3.8, 4) is 5.75 Å². The molecule has 0 saturated carbocycles. The van der Waals surface area contributed by atoms with E-state index in [1.54, 1.807) is 4.90 Å². The van der Waals surface area contributed by atoms with Crippen molar-refractivity contribution in [3.63, 3.8) is 0 Å². The van der Waals surface area contributed by atoms with E-state index in [2.05, 4.69) is 21.0 Å². The number of aromatic nitrogens is 3. The molecule has 2 N–H and O–H groups in total. The molecular weight excluding hydrogens is 372 g/mol. The topological polar surface area (TPSA) is 108 Å². The molecule has 29 heavy (non-hydrogen) atoms. The van der Waals surface area contributed by atoms with Crippen LogP contribution in [-0.2, 0) is 0 Å². The van der Waals surface area contributed by atoms with Gasteiger partial charge in [0.1, 0.15) is 17.5 Å². The van der Waals surface area contributed by atoms with Crippen molar-refractivity contribution < 1.29 is 9.53 Å². The summed E-state index contributed by atoms with van der Waals surface area (Å²) in [6.45, 7) is 5.18. The normalized spacial score (nSPS) is 14.9. The Hall–Kier alpha value is -3.42. The van der Waals surface area contributed by atoms with Gasteiger partial charge in [-0.1, -0.05) is 12.1 Å². The number of hydrogen-bond donors (Lipinski definition) is 2. The van der Waals surface area contributed by atoms with Gasteiger partial charge >= 0.3 is 5.69 Å². The molecule has 0 spiro atoms. The number of likely N-dealkylation sites (tertiary alicyclic amines) is 1. The van der Waals surface area contributed by atoms with E-state index >= 15 is 0 Å². The van der Waals surface area contributed by atoms with E-state index in [-0.39, 0.29) is 23.0 Å². The quantitative estimate of drug-likeness (QED) is 0.705. The van der Waals surface area contributed by atoms with Crippen molar-refractivity contribution in [1.82, 2.24) is 19.9 Å². The molecule has 0 radical (unpaired) electrons. The number of carbonyl (C=O) groups excluding carboxylic acids is 1. The summed E-state index contributed by atoms with van der Waals surface area (Å²) in [6.07, 6.45) is 2.91.